The molecule has 6 nitrogen and oxygen atoms in total. The highest BCUT2D eigenvalue weighted by atomic mass is 16.2. The zero-order valence-electron chi connectivity index (χ0n) is 14.0. The fourth-order valence-electron chi connectivity index (χ4n) is 3.10. The fraction of sp³-hybridized carbons (Fsp3) is 0.389. The maximum atomic E-state index is 12.6. The number of anilines is 1. The van der Waals surface area contributed by atoms with Gasteiger partial charge in [-0.25, -0.2) is 0 Å². The molecule has 0 spiro atoms. The van der Waals surface area contributed by atoms with Crippen molar-refractivity contribution in [1.82, 2.24) is 15.1 Å². The number of H-pyrrole nitrogens is 1. The van der Waals surface area contributed by atoms with E-state index in [0.29, 0.717) is 11.6 Å². The number of nitrogens with one attached hydrogen (secondary N) is 1. The minimum absolute atomic E-state index is 0.124. The predicted molar refractivity (Wildman–Crippen MR) is 92.0 cm³/mol. The number of aromatic nitrogens is 2. The first-order chi connectivity index (χ1) is 11.6. The van der Waals surface area contributed by atoms with Crippen LogP contribution in [0.4, 0.5) is 5.69 Å². The van der Waals surface area contributed by atoms with E-state index in [4.69, 9.17) is 0 Å². The second kappa shape index (κ2) is 6.86. The van der Waals surface area contributed by atoms with Crippen LogP contribution in [0.5, 0.6) is 0 Å². The number of carbonyl (C=O) groups excluding carboxylic acids is 2. The molecule has 0 atom stereocenters. The number of piperidine rings is 1. The summed E-state index contributed by atoms with van der Waals surface area (Å²) in [7, 11) is 1.75. The SMILES string of the molecule is CC(=O)N1CCC(c2cc(C(=O)N(C)c3ccccc3)n[nH]2)CC1. The monoisotopic (exact) mass is 326 g/mol. The van der Waals surface area contributed by atoms with Gasteiger partial charge in [0.05, 0.1) is 0 Å². The van der Waals surface area contributed by atoms with Gasteiger partial charge in [-0.15, -0.1) is 0 Å². The molecular weight excluding hydrogens is 304 g/mol. The number of hydrogen-bond donors (Lipinski definition) is 1. The largest absolute Gasteiger partial charge is 0.343 e. The van der Waals surface area contributed by atoms with E-state index < -0.39 is 0 Å². The van der Waals surface area contributed by atoms with Gasteiger partial charge in [-0.2, -0.15) is 5.10 Å². The lowest BCUT2D eigenvalue weighted by Crippen LogP contribution is -2.36. The molecule has 1 aliphatic rings. The number of likely N-dealkylation sites (tertiary alicyclic amines) is 1. The van der Waals surface area contributed by atoms with Crippen molar-refractivity contribution in [2.24, 2.45) is 0 Å². The quantitative estimate of drug-likeness (QED) is 0.942. The molecule has 0 bridgehead atoms. The average molecular weight is 326 g/mol. The zero-order chi connectivity index (χ0) is 17.1. The zero-order valence-corrected chi connectivity index (χ0v) is 14.0. The Hall–Kier alpha value is -2.63. The van der Waals surface area contributed by atoms with E-state index in [0.717, 1.165) is 37.3 Å². The summed E-state index contributed by atoms with van der Waals surface area (Å²) in [5, 5.41) is 7.20. The third-order valence-corrected chi connectivity index (χ3v) is 4.65. The third-order valence-electron chi connectivity index (χ3n) is 4.65. The van der Waals surface area contributed by atoms with Gasteiger partial charge in [0.2, 0.25) is 5.91 Å². The highest BCUT2D eigenvalue weighted by Gasteiger charge is 2.25. The Morgan fingerprint density at radius 3 is 2.50 bits per heavy atom. The number of rotatable bonds is 3. The number of nitrogens with zero attached hydrogens (tertiary/aromatic N) is 3. The molecule has 24 heavy (non-hydrogen) atoms. The van der Waals surface area contributed by atoms with Crippen LogP contribution in [-0.4, -0.2) is 47.0 Å². The first-order valence-corrected chi connectivity index (χ1v) is 8.20. The van der Waals surface area contributed by atoms with E-state index in [1.165, 1.54) is 0 Å². The van der Waals surface area contributed by atoms with Crippen LogP contribution < -0.4 is 4.90 Å². The minimum atomic E-state index is -0.134. The summed E-state index contributed by atoms with van der Waals surface area (Å²) in [5.74, 6) is 0.306. The molecule has 1 saturated heterocycles. The molecule has 0 saturated carbocycles. The van der Waals surface area contributed by atoms with Crippen molar-refractivity contribution in [2.45, 2.75) is 25.7 Å². The van der Waals surface area contributed by atoms with Crippen LogP contribution in [0.1, 0.15) is 41.9 Å². The van der Waals surface area contributed by atoms with E-state index in [-0.39, 0.29) is 11.8 Å². The molecule has 126 valence electrons. The first kappa shape index (κ1) is 16.2. The van der Waals surface area contributed by atoms with Gasteiger partial charge in [0, 0.05) is 44.4 Å². The number of para-hydroxylation sites is 1. The highest BCUT2D eigenvalue weighted by molar-refractivity contribution is 6.04. The molecule has 1 fully saturated rings. The molecular formula is C18H22N4O2. The van der Waals surface area contributed by atoms with E-state index >= 15 is 0 Å². The standard InChI is InChI=1S/C18H22N4O2/c1-13(23)22-10-8-14(9-11-22)16-12-17(20-19-16)18(24)21(2)15-6-4-3-5-7-15/h3-7,12,14H,8-11H2,1-2H3,(H,19,20). The van der Waals surface area contributed by atoms with Crippen LogP contribution in [0.3, 0.4) is 0 Å². The average Bonchev–Trinajstić information content (AvgIpc) is 3.11. The van der Waals surface area contributed by atoms with Crippen molar-refractivity contribution in [3.05, 3.63) is 47.8 Å². The van der Waals surface area contributed by atoms with Gasteiger partial charge < -0.3 is 9.80 Å². The molecule has 2 heterocycles. The molecule has 2 amide bonds. The van der Waals surface area contributed by atoms with Crippen LogP contribution in [0.2, 0.25) is 0 Å². The maximum absolute atomic E-state index is 12.6. The molecule has 1 aromatic carbocycles. The molecule has 1 aliphatic heterocycles. The smallest absolute Gasteiger partial charge is 0.278 e. The van der Waals surface area contributed by atoms with Crippen molar-refractivity contribution in [2.75, 3.05) is 25.0 Å². The summed E-state index contributed by atoms with van der Waals surface area (Å²) >= 11 is 0. The van der Waals surface area contributed by atoms with Gasteiger partial charge >= 0.3 is 0 Å². The summed E-state index contributed by atoms with van der Waals surface area (Å²) in [6.45, 7) is 3.12. The molecule has 3 rings (SSSR count). The Morgan fingerprint density at radius 2 is 1.88 bits per heavy atom. The first-order valence-electron chi connectivity index (χ1n) is 8.20. The van der Waals surface area contributed by atoms with E-state index in [1.807, 2.05) is 41.3 Å². The van der Waals surface area contributed by atoms with Gasteiger partial charge in [-0.05, 0) is 31.0 Å². The van der Waals surface area contributed by atoms with E-state index in [1.54, 1.807) is 18.9 Å². The number of benzene rings is 1. The van der Waals surface area contributed by atoms with Gasteiger partial charge in [0.25, 0.3) is 5.91 Å². The van der Waals surface area contributed by atoms with Crippen molar-refractivity contribution < 1.29 is 9.59 Å². The summed E-state index contributed by atoms with van der Waals surface area (Å²) in [6.07, 6.45) is 1.79. The lowest BCUT2D eigenvalue weighted by Gasteiger charge is -2.30. The highest BCUT2D eigenvalue weighted by Crippen LogP contribution is 2.27. The summed E-state index contributed by atoms with van der Waals surface area (Å²) in [5.41, 5.74) is 2.23. The Balaban J connectivity index is 1.67. The number of carbonyl (C=O) groups is 2. The van der Waals surface area contributed by atoms with Crippen LogP contribution in [0.15, 0.2) is 36.4 Å². The summed E-state index contributed by atoms with van der Waals surface area (Å²) in [6, 6.07) is 11.3. The Kier molecular flexibility index (Phi) is 4.64. The van der Waals surface area contributed by atoms with E-state index in [2.05, 4.69) is 10.2 Å². The van der Waals surface area contributed by atoms with Crippen molar-refractivity contribution in [1.29, 1.82) is 0 Å². The molecule has 1 N–H and O–H groups in total. The Bertz CT molecular complexity index is 718. The van der Waals surface area contributed by atoms with Crippen LogP contribution >= 0.6 is 0 Å². The number of aromatic amines is 1. The number of hydrogen-bond acceptors (Lipinski definition) is 3. The van der Waals surface area contributed by atoms with Crippen molar-refractivity contribution in [3.63, 3.8) is 0 Å². The normalized spacial score (nSPS) is 15.3. The maximum Gasteiger partial charge on any atom is 0.278 e. The van der Waals surface area contributed by atoms with Gasteiger partial charge in [-0.1, -0.05) is 18.2 Å². The fourth-order valence-corrected chi connectivity index (χ4v) is 3.10. The van der Waals surface area contributed by atoms with Crippen molar-refractivity contribution >= 4 is 17.5 Å². The van der Waals surface area contributed by atoms with Gasteiger partial charge in [0.1, 0.15) is 0 Å². The number of amides is 2. The molecule has 0 unspecified atom stereocenters. The topological polar surface area (TPSA) is 69.3 Å². The third kappa shape index (κ3) is 3.32. The van der Waals surface area contributed by atoms with Crippen LogP contribution in [0.25, 0.3) is 0 Å². The molecule has 6 heteroatoms. The lowest BCUT2D eigenvalue weighted by molar-refractivity contribution is -0.129. The Labute approximate surface area is 141 Å². The molecule has 0 aliphatic carbocycles. The summed E-state index contributed by atoms with van der Waals surface area (Å²) < 4.78 is 0. The summed E-state index contributed by atoms with van der Waals surface area (Å²) in [4.78, 5) is 27.4. The molecule has 0 radical (unpaired) electrons. The second-order valence-electron chi connectivity index (χ2n) is 6.19. The van der Waals surface area contributed by atoms with E-state index in [9.17, 15) is 9.59 Å². The molecule has 2 aromatic rings. The van der Waals surface area contributed by atoms with Crippen molar-refractivity contribution in [3.8, 4) is 0 Å². The lowest BCUT2D eigenvalue weighted by atomic mass is 9.93. The Morgan fingerprint density at radius 1 is 1.21 bits per heavy atom. The van der Waals surface area contributed by atoms with Gasteiger partial charge in [0.15, 0.2) is 5.69 Å². The van der Waals surface area contributed by atoms with Crippen LogP contribution in [0, 0.1) is 0 Å². The second-order valence-corrected chi connectivity index (χ2v) is 6.19. The van der Waals surface area contributed by atoms with Gasteiger partial charge in [-0.3, -0.25) is 14.7 Å². The van der Waals surface area contributed by atoms with Crippen LogP contribution in [-0.2, 0) is 4.79 Å². The predicted octanol–water partition coefficient (Wildman–Crippen LogP) is 2.41. The molecule has 1 aromatic heterocycles. The minimum Gasteiger partial charge on any atom is -0.343 e.